The number of para-hydroxylation sites is 2. The Morgan fingerprint density at radius 3 is 2.28 bits per heavy atom. The van der Waals surface area contributed by atoms with Gasteiger partial charge in [0.1, 0.15) is 5.84 Å². The van der Waals surface area contributed by atoms with Crippen LogP contribution in [0, 0.1) is 13.8 Å². The van der Waals surface area contributed by atoms with Crippen molar-refractivity contribution in [2.45, 2.75) is 13.8 Å². The number of carbonyl (C=O) groups is 1. The van der Waals surface area contributed by atoms with Crippen LogP contribution in [0.25, 0.3) is 10.9 Å². The van der Waals surface area contributed by atoms with E-state index < -0.39 is 0 Å². The lowest BCUT2D eigenvalue weighted by atomic mass is 10.1. The first-order chi connectivity index (χ1) is 14.1. The summed E-state index contributed by atoms with van der Waals surface area (Å²) in [6, 6.07) is 23.5. The lowest BCUT2D eigenvalue weighted by molar-refractivity contribution is 0.101. The molecule has 4 heteroatoms. The highest BCUT2D eigenvalue weighted by Gasteiger charge is 2.35. The molecule has 1 aliphatic rings. The van der Waals surface area contributed by atoms with Crippen LogP contribution in [0.2, 0.25) is 0 Å². The molecule has 4 aromatic rings. The van der Waals surface area contributed by atoms with Gasteiger partial charge in [0.15, 0.2) is 0 Å². The van der Waals surface area contributed by atoms with Crippen molar-refractivity contribution >= 4 is 34.0 Å². The molecule has 5 rings (SSSR count). The number of carbonyl (C=O) groups excluding carboxylic acids is 1. The summed E-state index contributed by atoms with van der Waals surface area (Å²) in [5.74, 6) is 0.560. The molecule has 0 bridgehead atoms. The number of anilines is 1. The number of pyridine rings is 1. The van der Waals surface area contributed by atoms with Gasteiger partial charge in [0.05, 0.1) is 22.5 Å². The van der Waals surface area contributed by atoms with Gasteiger partial charge in [0, 0.05) is 17.1 Å². The van der Waals surface area contributed by atoms with Gasteiger partial charge >= 0.3 is 0 Å². The third kappa shape index (κ3) is 2.72. The molecule has 0 saturated carbocycles. The van der Waals surface area contributed by atoms with Crippen molar-refractivity contribution in [1.82, 2.24) is 4.98 Å². The quantitative estimate of drug-likeness (QED) is 0.457. The molecule has 0 radical (unpaired) electrons. The van der Waals surface area contributed by atoms with E-state index in [4.69, 9.17) is 4.99 Å². The molecule has 0 fully saturated rings. The Morgan fingerprint density at radius 1 is 0.793 bits per heavy atom. The zero-order valence-electron chi connectivity index (χ0n) is 16.3. The normalized spacial score (nSPS) is 14.6. The van der Waals surface area contributed by atoms with E-state index in [1.54, 1.807) is 11.1 Å². The maximum atomic E-state index is 13.4. The van der Waals surface area contributed by atoms with Crippen molar-refractivity contribution in [3.63, 3.8) is 0 Å². The van der Waals surface area contributed by atoms with Gasteiger partial charge in [-0.1, -0.05) is 54.6 Å². The largest absolute Gasteiger partial charge is 0.268 e. The van der Waals surface area contributed by atoms with Crippen molar-refractivity contribution in [3.8, 4) is 0 Å². The number of hydrogen-bond acceptors (Lipinski definition) is 3. The highest BCUT2D eigenvalue weighted by atomic mass is 16.2. The number of aromatic nitrogens is 1. The maximum absolute atomic E-state index is 13.4. The van der Waals surface area contributed by atoms with Gasteiger partial charge in [-0.05, 0) is 43.2 Å². The highest BCUT2D eigenvalue weighted by Crippen LogP contribution is 2.35. The fraction of sp³-hybridized carbons (Fsp3) is 0.0800. The fourth-order valence-corrected chi connectivity index (χ4v) is 3.89. The number of benzene rings is 3. The van der Waals surface area contributed by atoms with E-state index in [1.165, 1.54) is 0 Å². The zero-order chi connectivity index (χ0) is 20.0. The first kappa shape index (κ1) is 17.3. The Hall–Kier alpha value is -3.79. The van der Waals surface area contributed by atoms with Crippen LogP contribution in [0.4, 0.5) is 11.4 Å². The van der Waals surface area contributed by atoms with Crippen LogP contribution in [-0.4, -0.2) is 16.7 Å². The fourth-order valence-electron chi connectivity index (χ4n) is 3.89. The summed E-state index contributed by atoms with van der Waals surface area (Å²) in [4.78, 5) is 24.7. The van der Waals surface area contributed by atoms with Crippen molar-refractivity contribution < 1.29 is 4.79 Å². The van der Waals surface area contributed by atoms with Crippen LogP contribution in [0.15, 0.2) is 84.0 Å². The number of amidine groups is 1. The predicted octanol–water partition coefficient (Wildman–Crippen LogP) is 5.59. The molecule has 0 spiro atoms. The van der Waals surface area contributed by atoms with Gasteiger partial charge in [-0.25, -0.2) is 4.99 Å². The second-order valence-corrected chi connectivity index (χ2v) is 7.21. The van der Waals surface area contributed by atoms with Crippen LogP contribution < -0.4 is 4.90 Å². The van der Waals surface area contributed by atoms with E-state index in [0.29, 0.717) is 11.4 Å². The van der Waals surface area contributed by atoms with E-state index in [0.717, 1.165) is 39.0 Å². The molecule has 1 aromatic heterocycles. The van der Waals surface area contributed by atoms with Crippen molar-refractivity contribution in [1.29, 1.82) is 0 Å². The minimum Gasteiger partial charge on any atom is -0.268 e. The number of nitrogens with zero attached hydrogens (tertiary/aromatic N) is 3. The number of fused-ring (bicyclic) bond motifs is 2. The van der Waals surface area contributed by atoms with E-state index in [-0.39, 0.29) is 5.91 Å². The summed E-state index contributed by atoms with van der Waals surface area (Å²) in [6.45, 7) is 4.08. The molecular formula is C25H19N3O. The molecular weight excluding hydrogens is 358 g/mol. The molecule has 0 N–H and O–H groups in total. The lowest BCUT2D eigenvalue weighted by Gasteiger charge is -2.19. The summed E-state index contributed by atoms with van der Waals surface area (Å²) in [6.07, 6.45) is 1.75. The molecule has 0 aliphatic carbocycles. The van der Waals surface area contributed by atoms with Gasteiger partial charge in [0.2, 0.25) is 0 Å². The molecule has 4 nitrogen and oxygen atoms in total. The summed E-state index contributed by atoms with van der Waals surface area (Å²) in [7, 11) is 0. The Kier molecular flexibility index (Phi) is 3.98. The second-order valence-electron chi connectivity index (χ2n) is 7.21. The summed E-state index contributed by atoms with van der Waals surface area (Å²) >= 11 is 0. The number of aryl methyl sites for hydroxylation is 2. The van der Waals surface area contributed by atoms with Crippen LogP contribution in [0.5, 0.6) is 0 Å². The Labute approximate surface area is 169 Å². The zero-order valence-corrected chi connectivity index (χ0v) is 16.3. The minimum absolute atomic E-state index is 0.0799. The first-order valence-electron chi connectivity index (χ1n) is 9.57. The molecule has 1 aliphatic heterocycles. The van der Waals surface area contributed by atoms with Crippen molar-refractivity contribution in [2.75, 3.05) is 4.90 Å². The molecule has 1 amide bonds. The molecule has 0 atom stereocenters. The maximum Gasteiger partial charge on any atom is 0.264 e. The Balaban J connectivity index is 1.80. The monoisotopic (exact) mass is 377 g/mol. The Morgan fingerprint density at radius 2 is 1.48 bits per heavy atom. The smallest absolute Gasteiger partial charge is 0.264 e. The summed E-state index contributed by atoms with van der Waals surface area (Å²) < 4.78 is 0. The van der Waals surface area contributed by atoms with Crippen molar-refractivity contribution in [2.24, 2.45) is 4.99 Å². The average Bonchev–Trinajstić information content (AvgIpc) is 3.02. The van der Waals surface area contributed by atoms with Crippen LogP contribution in [0.1, 0.15) is 27.0 Å². The molecule has 29 heavy (non-hydrogen) atoms. The molecule has 140 valence electrons. The number of rotatable bonds is 2. The van der Waals surface area contributed by atoms with Gasteiger partial charge in [-0.15, -0.1) is 0 Å². The lowest BCUT2D eigenvalue weighted by Crippen LogP contribution is -2.30. The van der Waals surface area contributed by atoms with Crippen LogP contribution in [-0.2, 0) is 0 Å². The van der Waals surface area contributed by atoms with Gasteiger partial charge in [-0.3, -0.25) is 14.7 Å². The van der Waals surface area contributed by atoms with Gasteiger partial charge < -0.3 is 0 Å². The predicted molar refractivity (Wildman–Crippen MR) is 117 cm³/mol. The van der Waals surface area contributed by atoms with Crippen LogP contribution >= 0.6 is 0 Å². The number of amides is 1. The number of aliphatic imine (C=N–C) groups is 1. The SMILES string of the molecule is Cc1cccc(C)c1N=C1c2ccccc2C(=O)N1c1cccc2cccnc12. The third-order valence-corrected chi connectivity index (χ3v) is 5.32. The first-order valence-corrected chi connectivity index (χ1v) is 9.57. The molecule has 2 heterocycles. The summed E-state index contributed by atoms with van der Waals surface area (Å²) in [5.41, 5.74) is 6.07. The van der Waals surface area contributed by atoms with E-state index in [9.17, 15) is 4.79 Å². The third-order valence-electron chi connectivity index (χ3n) is 5.32. The molecule has 0 saturated heterocycles. The van der Waals surface area contributed by atoms with Gasteiger partial charge in [-0.2, -0.15) is 0 Å². The average molecular weight is 377 g/mol. The minimum atomic E-state index is -0.0799. The molecule has 0 unspecified atom stereocenters. The van der Waals surface area contributed by atoms with E-state index >= 15 is 0 Å². The standard InChI is InChI=1S/C25H19N3O/c1-16-8-5-9-17(2)22(16)27-24-19-12-3-4-13-20(19)25(29)28(24)21-14-6-10-18-11-7-15-26-23(18)21/h3-15H,1-2H3. The van der Waals surface area contributed by atoms with Crippen LogP contribution in [0.3, 0.4) is 0 Å². The van der Waals surface area contributed by atoms with Crippen molar-refractivity contribution in [3.05, 3.63) is 101 Å². The van der Waals surface area contributed by atoms with E-state index in [2.05, 4.69) is 4.98 Å². The highest BCUT2D eigenvalue weighted by molar-refractivity contribution is 6.37. The second kappa shape index (κ2) is 6.67. The molecule has 3 aromatic carbocycles. The van der Waals surface area contributed by atoms with Gasteiger partial charge in [0.25, 0.3) is 5.91 Å². The van der Waals surface area contributed by atoms with E-state index in [1.807, 2.05) is 86.6 Å². The summed E-state index contributed by atoms with van der Waals surface area (Å²) in [5, 5.41) is 0.986. The number of hydrogen-bond donors (Lipinski definition) is 0. The topological polar surface area (TPSA) is 45.6 Å². The Bertz CT molecular complexity index is 1280.